The summed E-state index contributed by atoms with van der Waals surface area (Å²) < 4.78 is 5.15. The highest BCUT2D eigenvalue weighted by Gasteiger charge is 2.04. The summed E-state index contributed by atoms with van der Waals surface area (Å²) in [7, 11) is 0. The molecule has 0 bridgehead atoms. The zero-order valence-electron chi connectivity index (χ0n) is 11.1. The van der Waals surface area contributed by atoms with Crippen molar-refractivity contribution < 1.29 is 9.53 Å². The molecule has 0 heterocycles. The van der Waals surface area contributed by atoms with E-state index in [0.29, 0.717) is 0 Å². The Balaban J connectivity index is 1.89. The van der Waals surface area contributed by atoms with Gasteiger partial charge in [0.25, 0.3) is 0 Å². The van der Waals surface area contributed by atoms with Crippen LogP contribution in [0.15, 0.2) is 48.5 Å². The van der Waals surface area contributed by atoms with Crippen molar-refractivity contribution in [2.45, 2.75) is 20.5 Å². The number of ether oxygens (including phenoxy) is 1. The highest BCUT2D eigenvalue weighted by Crippen LogP contribution is 2.14. The van der Waals surface area contributed by atoms with E-state index in [4.69, 9.17) is 4.74 Å². The molecule has 3 nitrogen and oxygen atoms in total. The fraction of sp³-hybridized carbons (Fsp3) is 0.188. The first kappa shape index (κ1) is 13.1. The predicted octanol–water partition coefficient (Wildman–Crippen LogP) is 4.05. The molecule has 19 heavy (non-hydrogen) atoms. The first-order chi connectivity index (χ1) is 9.15. The number of amides is 1. The van der Waals surface area contributed by atoms with Gasteiger partial charge in [0, 0.05) is 5.69 Å². The number of nitrogens with one attached hydrogen (secondary N) is 1. The van der Waals surface area contributed by atoms with Gasteiger partial charge in [0.05, 0.1) is 0 Å². The molecular weight excluding hydrogens is 238 g/mol. The Morgan fingerprint density at radius 3 is 2.47 bits per heavy atom. The van der Waals surface area contributed by atoms with E-state index in [1.807, 2.05) is 62.4 Å². The van der Waals surface area contributed by atoms with Crippen LogP contribution in [0.1, 0.15) is 16.7 Å². The van der Waals surface area contributed by atoms with Crippen molar-refractivity contribution in [3.05, 3.63) is 65.2 Å². The molecule has 0 saturated carbocycles. The van der Waals surface area contributed by atoms with Crippen molar-refractivity contribution in [2.24, 2.45) is 0 Å². The number of rotatable bonds is 3. The number of benzene rings is 2. The van der Waals surface area contributed by atoms with Crippen molar-refractivity contribution in [3.8, 4) is 0 Å². The summed E-state index contributed by atoms with van der Waals surface area (Å²) in [4.78, 5) is 11.6. The van der Waals surface area contributed by atoms with Crippen molar-refractivity contribution >= 4 is 11.8 Å². The highest BCUT2D eigenvalue weighted by atomic mass is 16.5. The van der Waals surface area contributed by atoms with Gasteiger partial charge in [-0.15, -0.1) is 0 Å². The maximum atomic E-state index is 11.6. The SMILES string of the molecule is Cc1ccc(NC(=O)OCc2ccccc2)cc1C. The summed E-state index contributed by atoms with van der Waals surface area (Å²) in [5, 5.41) is 2.72. The lowest BCUT2D eigenvalue weighted by atomic mass is 10.1. The summed E-state index contributed by atoms with van der Waals surface area (Å²) in [6, 6.07) is 15.4. The lowest BCUT2D eigenvalue weighted by Crippen LogP contribution is -2.13. The minimum atomic E-state index is -0.438. The van der Waals surface area contributed by atoms with Gasteiger partial charge in [0.1, 0.15) is 6.61 Å². The molecule has 3 heteroatoms. The quantitative estimate of drug-likeness (QED) is 0.898. The van der Waals surface area contributed by atoms with Crippen LogP contribution in [0.25, 0.3) is 0 Å². The Labute approximate surface area is 113 Å². The number of aryl methyl sites for hydroxylation is 2. The maximum Gasteiger partial charge on any atom is 0.411 e. The van der Waals surface area contributed by atoms with Crippen LogP contribution in [-0.4, -0.2) is 6.09 Å². The topological polar surface area (TPSA) is 38.3 Å². The summed E-state index contributed by atoms with van der Waals surface area (Å²) in [6.45, 7) is 4.32. The van der Waals surface area contributed by atoms with Crippen molar-refractivity contribution in [2.75, 3.05) is 5.32 Å². The Morgan fingerprint density at radius 1 is 1.05 bits per heavy atom. The van der Waals surface area contributed by atoms with Crippen LogP contribution in [-0.2, 0) is 11.3 Å². The number of hydrogen-bond acceptors (Lipinski definition) is 2. The van der Waals surface area contributed by atoms with Crippen molar-refractivity contribution in [3.63, 3.8) is 0 Å². The van der Waals surface area contributed by atoms with Gasteiger partial charge in [-0.2, -0.15) is 0 Å². The zero-order chi connectivity index (χ0) is 13.7. The van der Waals surface area contributed by atoms with Crippen LogP contribution in [0.3, 0.4) is 0 Å². The highest BCUT2D eigenvalue weighted by molar-refractivity contribution is 5.84. The maximum absolute atomic E-state index is 11.6. The molecule has 2 aromatic rings. The third kappa shape index (κ3) is 3.85. The van der Waals surface area contributed by atoms with Gasteiger partial charge in [-0.1, -0.05) is 36.4 Å². The van der Waals surface area contributed by atoms with Gasteiger partial charge >= 0.3 is 6.09 Å². The van der Waals surface area contributed by atoms with Crippen LogP contribution in [0, 0.1) is 13.8 Å². The first-order valence-electron chi connectivity index (χ1n) is 6.20. The van der Waals surface area contributed by atoms with E-state index in [9.17, 15) is 4.79 Å². The molecule has 1 N–H and O–H groups in total. The summed E-state index contributed by atoms with van der Waals surface area (Å²) in [6.07, 6.45) is -0.438. The van der Waals surface area contributed by atoms with E-state index in [-0.39, 0.29) is 6.61 Å². The molecule has 0 fully saturated rings. The molecule has 0 spiro atoms. The largest absolute Gasteiger partial charge is 0.444 e. The Kier molecular flexibility index (Phi) is 4.18. The molecule has 0 aliphatic heterocycles. The van der Waals surface area contributed by atoms with E-state index in [1.54, 1.807) is 0 Å². The Bertz CT molecular complexity index is 564. The molecule has 0 aliphatic carbocycles. The summed E-state index contributed by atoms with van der Waals surface area (Å²) >= 11 is 0. The van der Waals surface area contributed by atoms with Gasteiger partial charge in [0.2, 0.25) is 0 Å². The van der Waals surface area contributed by atoms with Crippen molar-refractivity contribution in [1.82, 2.24) is 0 Å². The first-order valence-corrected chi connectivity index (χ1v) is 6.20. The van der Waals surface area contributed by atoms with Gasteiger partial charge in [0.15, 0.2) is 0 Å². The van der Waals surface area contributed by atoms with Gasteiger partial charge in [-0.25, -0.2) is 4.79 Å². The normalized spacial score (nSPS) is 10.0. The smallest absolute Gasteiger partial charge is 0.411 e. The van der Waals surface area contributed by atoms with Crippen LogP contribution in [0.5, 0.6) is 0 Å². The van der Waals surface area contributed by atoms with Crippen LogP contribution < -0.4 is 5.32 Å². The number of anilines is 1. The lowest BCUT2D eigenvalue weighted by Gasteiger charge is -2.08. The molecular formula is C16H17NO2. The third-order valence-electron chi connectivity index (χ3n) is 2.97. The van der Waals surface area contributed by atoms with E-state index in [0.717, 1.165) is 16.8 Å². The Morgan fingerprint density at radius 2 is 1.79 bits per heavy atom. The molecule has 0 aromatic heterocycles. The van der Waals surface area contributed by atoms with Crippen LogP contribution in [0.2, 0.25) is 0 Å². The molecule has 0 unspecified atom stereocenters. The molecule has 2 rings (SSSR count). The Hall–Kier alpha value is -2.29. The fourth-order valence-electron chi connectivity index (χ4n) is 1.70. The lowest BCUT2D eigenvalue weighted by molar-refractivity contribution is 0.155. The van der Waals surface area contributed by atoms with Gasteiger partial charge < -0.3 is 4.74 Å². The van der Waals surface area contributed by atoms with E-state index >= 15 is 0 Å². The van der Waals surface area contributed by atoms with E-state index in [2.05, 4.69) is 5.32 Å². The molecule has 2 aromatic carbocycles. The molecule has 0 saturated heterocycles. The molecule has 1 amide bonds. The van der Waals surface area contributed by atoms with E-state index < -0.39 is 6.09 Å². The van der Waals surface area contributed by atoms with E-state index in [1.165, 1.54) is 5.56 Å². The number of hydrogen-bond donors (Lipinski definition) is 1. The average Bonchev–Trinajstić information content (AvgIpc) is 2.42. The zero-order valence-corrected chi connectivity index (χ0v) is 11.1. The minimum Gasteiger partial charge on any atom is -0.444 e. The molecule has 0 aliphatic rings. The van der Waals surface area contributed by atoms with Crippen molar-refractivity contribution in [1.29, 1.82) is 0 Å². The van der Waals surface area contributed by atoms with Crippen LogP contribution in [0.4, 0.5) is 10.5 Å². The van der Waals surface area contributed by atoms with Gasteiger partial charge in [-0.05, 0) is 42.7 Å². The monoisotopic (exact) mass is 255 g/mol. The molecule has 0 atom stereocenters. The van der Waals surface area contributed by atoms with Gasteiger partial charge in [-0.3, -0.25) is 5.32 Å². The molecule has 98 valence electrons. The summed E-state index contributed by atoms with van der Waals surface area (Å²) in [5.74, 6) is 0. The predicted molar refractivity (Wildman–Crippen MR) is 76.2 cm³/mol. The second-order valence-electron chi connectivity index (χ2n) is 4.49. The molecule has 0 radical (unpaired) electrons. The third-order valence-corrected chi connectivity index (χ3v) is 2.97. The summed E-state index contributed by atoms with van der Waals surface area (Å²) in [5.41, 5.74) is 4.06. The minimum absolute atomic E-state index is 0.275. The number of carbonyl (C=O) groups is 1. The second-order valence-corrected chi connectivity index (χ2v) is 4.49. The average molecular weight is 255 g/mol. The fourth-order valence-corrected chi connectivity index (χ4v) is 1.70. The number of carbonyl (C=O) groups excluding carboxylic acids is 1. The second kappa shape index (κ2) is 6.05. The standard InChI is InChI=1S/C16H17NO2/c1-12-8-9-15(10-13(12)2)17-16(18)19-11-14-6-4-3-5-7-14/h3-10H,11H2,1-2H3,(H,17,18). The van der Waals surface area contributed by atoms with Crippen LogP contribution >= 0.6 is 0 Å².